The van der Waals surface area contributed by atoms with Crippen LogP contribution in [0.25, 0.3) is 11.1 Å². The lowest BCUT2D eigenvalue weighted by atomic mass is 10.0. The van der Waals surface area contributed by atoms with Gasteiger partial charge in [-0.3, -0.25) is 0 Å². The van der Waals surface area contributed by atoms with E-state index in [1.54, 1.807) is 12.3 Å². The molecule has 1 aliphatic heterocycles. The van der Waals surface area contributed by atoms with E-state index < -0.39 is 5.95 Å². The van der Waals surface area contributed by atoms with Gasteiger partial charge in [-0.15, -0.1) is 0 Å². The van der Waals surface area contributed by atoms with E-state index >= 15 is 0 Å². The van der Waals surface area contributed by atoms with E-state index in [2.05, 4.69) is 15.3 Å². The molecule has 0 aliphatic carbocycles. The minimum absolute atomic E-state index is 0.349. The molecule has 2 aromatic rings. The number of nitrogens with zero attached hydrogens (tertiary/aromatic N) is 2. The van der Waals surface area contributed by atoms with Gasteiger partial charge in [0.25, 0.3) is 0 Å². The molecule has 0 bridgehead atoms. The summed E-state index contributed by atoms with van der Waals surface area (Å²) in [4.78, 5) is 7.74. The lowest BCUT2D eigenvalue weighted by Crippen LogP contribution is -2.22. The highest BCUT2D eigenvalue weighted by molar-refractivity contribution is 6.32. The monoisotopic (exact) mass is 321 g/mol. The van der Waals surface area contributed by atoms with Crippen LogP contribution in [-0.2, 0) is 4.74 Å². The number of hydrogen-bond acceptors (Lipinski definition) is 4. The summed E-state index contributed by atoms with van der Waals surface area (Å²) in [5.74, 6) is 0.0698. The summed E-state index contributed by atoms with van der Waals surface area (Å²) >= 11 is 6.13. The van der Waals surface area contributed by atoms with Gasteiger partial charge >= 0.3 is 0 Å². The average molecular weight is 322 g/mol. The van der Waals surface area contributed by atoms with Gasteiger partial charge in [0.05, 0.1) is 11.9 Å². The number of anilines is 1. The van der Waals surface area contributed by atoms with Crippen LogP contribution in [0.3, 0.4) is 0 Å². The van der Waals surface area contributed by atoms with Crippen LogP contribution in [0.15, 0.2) is 30.6 Å². The second-order valence-electron chi connectivity index (χ2n) is 5.37. The summed E-state index contributed by atoms with van der Waals surface area (Å²) in [7, 11) is 0. The Kier molecular flexibility index (Phi) is 4.85. The van der Waals surface area contributed by atoms with Crippen molar-refractivity contribution in [1.29, 1.82) is 0 Å². The van der Waals surface area contributed by atoms with Crippen LogP contribution in [0.4, 0.5) is 10.1 Å². The minimum atomic E-state index is -0.533. The van der Waals surface area contributed by atoms with Crippen molar-refractivity contribution in [3.05, 3.63) is 41.7 Å². The molecule has 1 saturated heterocycles. The molecule has 6 heteroatoms. The zero-order valence-electron chi connectivity index (χ0n) is 12.1. The van der Waals surface area contributed by atoms with E-state index in [-0.39, 0.29) is 0 Å². The number of aromatic nitrogens is 2. The van der Waals surface area contributed by atoms with E-state index in [4.69, 9.17) is 16.3 Å². The molecule has 0 amide bonds. The first-order valence-electron chi connectivity index (χ1n) is 7.31. The quantitative estimate of drug-likeness (QED) is 0.871. The SMILES string of the molecule is Fc1cc(-c2cc(NCC3CCOCC3)cnc2Cl)ccn1. The number of hydrogen-bond donors (Lipinski definition) is 1. The predicted octanol–water partition coefficient (Wildman–Crippen LogP) is 3.77. The van der Waals surface area contributed by atoms with Gasteiger partial charge in [0.1, 0.15) is 5.15 Å². The van der Waals surface area contributed by atoms with Gasteiger partial charge in [0.2, 0.25) is 5.95 Å². The molecule has 0 atom stereocenters. The molecular formula is C16H17ClFN3O. The molecule has 1 fully saturated rings. The minimum Gasteiger partial charge on any atom is -0.384 e. The molecule has 0 unspecified atom stereocenters. The van der Waals surface area contributed by atoms with E-state index in [0.717, 1.165) is 38.3 Å². The number of rotatable bonds is 4. The summed E-state index contributed by atoms with van der Waals surface area (Å²) in [6.45, 7) is 2.52. The topological polar surface area (TPSA) is 47.0 Å². The molecule has 0 spiro atoms. The Morgan fingerprint density at radius 1 is 1.27 bits per heavy atom. The second-order valence-corrected chi connectivity index (χ2v) is 5.72. The van der Waals surface area contributed by atoms with E-state index in [1.165, 1.54) is 12.3 Å². The summed E-state index contributed by atoms with van der Waals surface area (Å²) in [5, 5.41) is 3.73. The number of halogens is 2. The van der Waals surface area contributed by atoms with Crippen molar-refractivity contribution in [2.24, 2.45) is 5.92 Å². The molecule has 22 heavy (non-hydrogen) atoms. The Bertz CT molecular complexity index is 647. The Morgan fingerprint density at radius 3 is 2.86 bits per heavy atom. The van der Waals surface area contributed by atoms with Gasteiger partial charge in [0.15, 0.2) is 0 Å². The molecular weight excluding hydrogens is 305 g/mol. The third-order valence-electron chi connectivity index (χ3n) is 3.81. The fourth-order valence-corrected chi connectivity index (χ4v) is 2.74. The van der Waals surface area contributed by atoms with Crippen molar-refractivity contribution < 1.29 is 9.13 Å². The van der Waals surface area contributed by atoms with Crippen LogP contribution in [0.2, 0.25) is 5.15 Å². The van der Waals surface area contributed by atoms with Crippen molar-refractivity contribution in [1.82, 2.24) is 9.97 Å². The third-order valence-corrected chi connectivity index (χ3v) is 4.11. The van der Waals surface area contributed by atoms with Crippen molar-refractivity contribution in [3.63, 3.8) is 0 Å². The Morgan fingerprint density at radius 2 is 2.09 bits per heavy atom. The number of pyridine rings is 2. The van der Waals surface area contributed by atoms with Gasteiger partial charge in [0, 0.05) is 37.6 Å². The van der Waals surface area contributed by atoms with Crippen molar-refractivity contribution in [2.45, 2.75) is 12.8 Å². The van der Waals surface area contributed by atoms with E-state index in [9.17, 15) is 4.39 Å². The Hall–Kier alpha value is -1.72. The van der Waals surface area contributed by atoms with Crippen LogP contribution in [0.5, 0.6) is 0 Å². The fourth-order valence-electron chi connectivity index (χ4n) is 2.53. The van der Waals surface area contributed by atoms with Crippen molar-refractivity contribution in [3.8, 4) is 11.1 Å². The summed E-state index contributed by atoms with van der Waals surface area (Å²) in [6.07, 6.45) is 5.25. The molecule has 4 nitrogen and oxygen atoms in total. The first-order chi connectivity index (χ1) is 10.7. The summed E-state index contributed by atoms with van der Waals surface area (Å²) in [6, 6.07) is 4.96. The maximum absolute atomic E-state index is 13.3. The molecule has 0 radical (unpaired) electrons. The highest BCUT2D eigenvalue weighted by Crippen LogP contribution is 2.29. The van der Waals surface area contributed by atoms with Gasteiger partial charge in [-0.1, -0.05) is 11.6 Å². The predicted molar refractivity (Wildman–Crippen MR) is 84.5 cm³/mol. The second kappa shape index (κ2) is 7.03. The van der Waals surface area contributed by atoms with Crippen molar-refractivity contribution >= 4 is 17.3 Å². The number of ether oxygens (including phenoxy) is 1. The number of nitrogens with one attached hydrogen (secondary N) is 1. The van der Waals surface area contributed by atoms with Gasteiger partial charge in [-0.05, 0) is 36.5 Å². The zero-order chi connectivity index (χ0) is 15.4. The van der Waals surface area contributed by atoms with E-state index in [0.29, 0.717) is 22.2 Å². The van der Waals surface area contributed by atoms with Crippen LogP contribution in [-0.4, -0.2) is 29.7 Å². The van der Waals surface area contributed by atoms with Gasteiger partial charge in [-0.25, -0.2) is 9.97 Å². The van der Waals surface area contributed by atoms with Gasteiger partial charge < -0.3 is 10.1 Å². The molecule has 3 rings (SSSR count). The van der Waals surface area contributed by atoms with Crippen LogP contribution >= 0.6 is 11.6 Å². The van der Waals surface area contributed by atoms with Crippen molar-refractivity contribution in [2.75, 3.05) is 25.1 Å². The highest BCUT2D eigenvalue weighted by atomic mass is 35.5. The molecule has 1 N–H and O–H groups in total. The first-order valence-corrected chi connectivity index (χ1v) is 7.69. The Labute approximate surface area is 133 Å². The molecule has 116 valence electrons. The summed E-state index contributed by atoms with van der Waals surface area (Å²) in [5.41, 5.74) is 2.24. The molecule has 1 aliphatic rings. The van der Waals surface area contributed by atoms with Crippen LogP contribution in [0, 0.1) is 11.9 Å². The fraction of sp³-hybridized carbons (Fsp3) is 0.375. The largest absolute Gasteiger partial charge is 0.384 e. The van der Waals surface area contributed by atoms with Crippen LogP contribution in [0.1, 0.15) is 12.8 Å². The zero-order valence-corrected chi connectivity index (χ0v) is 12.8. The third kappa shape index (κ3) is 3.72. The Balaban J connectivity index is 1.74. The highest BCUT2D eigenvalue weighted by Gasteiger charge is 2.14. The standard InChI is InChI=1S/C16H17ClFN3O/c17-16-14(12-1-4-19-15(18)7-12)8-13(10-21-16)20-9-11-2-5-22-6-3-11/h1,4,7-8,10-11,20H,2-3,5-6,9H2. The van der Waals surface area contributed by atoms with E-state index in [1.807, 2.05) is 6.07 Å². The lowest BCUT2D eigenvalue weighted by molar-refractivity contribution is 0.0699. The summed E-state index contributed by atoms with van der Waals surface area (Å²) < 4.78 is 18.6. The average Bonchev–Trinajstić information content (AvgIpc) is 2.55. The molecule has 0 aromatic carbocycles. The molecule has 3 heterocycles. The smallest absolute Gasteiger partial charge is 0.213 e. The maximum Gasteiger partial charge on any atom is 0.213 e. The normalized spacial score (nSPS) is 15.7. The lowest BCUT2D eigenvalue weighted by Gasteiger charge is -2.22. The molecule has 0 saturated carbocycles. The maximum atomic E-state index is 13.3. The molecule has 2 aromatic heterocycles. The van der Waals surface area contributed by atoms with Gasteiger partial charge in [-0.2, -0.15) is 4.39 Å². The first kappa shape index (κ1) is 15.2. The van der Waals surface area contributed by atoms with Crippen LogP contribution < -0.4 is 5.32 Å².